The van der Waals surface area contributed by atoms with Gasteiger partial charge in [-0.1, -0.05) is 18.1 Å². The van der Waals surface area contributed by atoms with Crippen molar-refractivity contribution in [2.75, 3.05) is 14.2 Å². The van der Waals surface area contributed by atoms with Crippen LogP contribution in [-0.4, -0.2) is 25.4 Å². The van der Waals surface area contributed by atoms with Gasteiger partial charge in [0.15, 0.2) is 0 Å². The second-order valence-electron chi connectivity index (χ2n) is 8.37. The van der Waals surface area contributed by atoms with Gasteiger partial charge >= 0.3 is 0 Å². The number of methoxy groups -OCH3 is 2. The number of fused-ring (bicyclic) bond motifs is 4. The van der Waals surface area contributed by atoms with Crippen molar-refractivity contribution in [3.63, 3.8) is 0 Å². The minimum Gasteiger partial charge on any atom is -0.497 e. The van der Waals surface area contributed by atoms with Gasteiger partial charge < -0.3 is 14.6 Å². The van der Waals surface area contributed by atoms with Crippen molar-refractivity contribution in [2.45, 2.75) is 70.8 Å². The van der Waals surface area contributed by atoms with Crippen LogP contribution in [0.1, 0.15) is 64.7 Å². The Balaban J connectivity index is 1.62. The van der Waals surface area contributed by atoms with E-state index in [2.05, 4.69) is 6.92 Å². The first kappa shape index (κ1) is 16.5. The first-order valence-electron chi connectivity index (χ1n) is 9.83. The molecule has 3 nitrogen and oxygen atoms in total. The highest BCUT2D eigenvalue weighted by molar-refractivity contribution is 5.35. The van der Waals surface area contributed by atoms with Crippen molar-refractivity contribution < 1.29 is 14.6 Å². The molecule has 0 bridgehead atoms. The minimum atomic E-state index is -0.0651. The van der Waals surface area contributed by atoms with Gasteiger partial charge in [-0.25, -0.2) is 0 Å². The van der Waals surface area contributed by atoms with Crippen LogP contribution in [0.15, 0.2) is 22.7 Å². The van der Waals surface area contributed by atoms with Crippen LogP contribution in [-0.2, 0) is 9.47 Å². The Hall–Kier alpha value is -0.960. The molecule has 1 N–H and O–H groups in total. The smallest absolute Gasteiger partial charge is 0.137 e. The van der Waals surface area contributed by atoms with Crippen LogP contribution in [0.4, 0.5) is 0 Å². The van der Waals surface area contributed by atoms with E-state index in [0.29, 0.717) is 5.92 Å². The fourth-order valence-electron chi connectivity index (χ4n) is 6.74. The molecule has 0 aliphatic heterocycles. The molecule has 0 saturated heterocycles. The Morgan fingerprint density at radius 3 is 2.50 bits per heavy atom. The van der Waals surface area contributed by atoms with Crippen molar-refractivity contribution in [1.29, 1.82) is 0 Å². The molecule has 24 heavy (non-hydrogen) atoms. The van der Waals surface area contributed by atoms with Crippen LogP contribution in [0.3, 0.4) is 0 Å². The van der Waals surface area contributed by atoms with Gasteiger partial charge in [-0.2, -0.15) is 0 Å². The van der Waals surface area contributed by atoms with E-state index in [1.54, 1.807) is 25.4 Å². The van der Waals surface area contributed by atoms with Crippen LogP contribution < -0.4 is 0 Å². The van der Waals surface area contributed by atoms with E-state index in [-0.39, 0.29) is 11.5 Å². The predicted molar refractivity (Wildman–Crippen MR) is 94.2 cm³/mol. The molecular formula is C21H32O3. The summed E-state index contributed by atoms with van der Waals surface area (Å²) in [5, 5.41) is 10.7. The van der Waals surface area contributed by atoms with Crippen molar-refractivity contribution >= 4 is 0 Å². The Morgan fingerprint density at radius 2 is 1.79 bits per heavy atom. The van der Waals surface area contributed by atoms with Crippen molar-refractivity contribution in [1.82, 2.24) is 0 Å². The number of rotatable bonds is 3. The first-order valence-corrected chi connectivity index (χ1v) is 9.83. The maximum Gasteiger partial charge on any atom is 0.137 e. The highest BCUT2D eigenvalue weighted by Crippen LogP contribution is 2.62. The maximum absolute atomic E-state index is 10.7. The highest BCUT2D eigenvalue weighted by atomic mass is 16.5. The summed E-state index contributed by atoms with van der Waals surface area (Å²) in [6.45, 7) is 2.30. The van der Waals surface area contributed by atoms with Crippen molar-refractivity contribution in [3.05, 3.63) is 22.7 Å². The zero-order valence-electron chi connectivity index (χ0n) is 15.4. The Labute approximate surface area is 146 Å². The maximum atomic E-state index is 10.7. The van der Waals surface area contributed by atoms with Gasteiger partial charge in [0.2, 0.25) is 0 Å². The number of hydrogen-bond donors (Lipinski definition) is 1. The van der Waals surface area contributed by atoms with Gasteiger partial charge in [0.25, 0.3) is 0 Å². The fraction of sp³-hybridized carbons (Fsp3) is 0.810. The summed E-state index contributed by atoms with van der Waals surface area (Å²) in [6, 6.07) is 0. The standard InChI is InChI=1S/C21H32O3/c1-4-21-10-9-14-15(17(21)7-8-20(21)22)6-5-13-11-18(23-2)19(24-3)12-16(13)14/h14-15,17,20,22H,4-12H2,1-3H3/t14-,15+,17-,20-,21-/m0/s1. The third kappa shape index (κ3) is 2.20. The highest BCUT2D eigenvalue weighted by Gasteiger charge is 2.56. The second kappa shape index (κ2) is 6.09. The van der Waals surface area contributed by atoms with E-state index in [9.17, 15) is 5.11 Å². The van der Waals surface area contributed by atoms with Crippen LogP contribution in [0.5, 0.6) is 0 Å². The zero-order chi connectivity index (χ0) is 16.9. The van der Waals surface area contributed by atoms with E-state index < -0.39 is 0 Å². The molecule has 4 aliphatic carbocycles. The fourth-order valence-corrected chi connectivity index (χ4v) is 6.74. The predicted octanol–water partition coefficient (Wildman–Crippen LogP) is 4.57. The average Bonchev–Trinajstić information content (AvgIpc) is 2.97. The molecule has 2 fully saturated rings. The lowest BCUT2D eigenvalue weighted by atomic mass is 9.53. The summed E-state index contributed by atoms with van der Waals surface area (Å²) in [5.74, 6) is 4.29. The third-order valence-corrected chi connectivity index (χ3v) is 7.98. The van der Waals surface area contributed by atoms with Crippen molar-refractivity contribution in [3.8, 4) is 0 Å². The molecular weight excluding hydrogens is 300 g/mol. The lowest BCUT2D eigenvalue weighted by Gasteiger charge is -2.52. The van der Waals surface area contributed by atoms with Gasteiger partial charge in [0.1, 0.15) is 11.5 Å². The van der Waals surface area contributed by atoms with Gasteiger partial charge in [-0.15, -0.1) is 0 Å². The molecule has 0 radical (unpaired) electrons. The Bertz CT molecular complexity index is 576. The van der Waals surface area contributed by atoms with Crippen LogP contribution in [0, 0.1) is 23.2 Å². The quantitative estimate of drug-likeness (QED) is 0.770. The topological polar surface area (TPSA) is 38.7 Å². The van der Waals surface area contributed by atoms with Crippen molar-refractivity contribution in [2.24, 2.45) is 23.2 Å². The Kier molecular flexibility index (Phi) is 4.19. The summed E-state index contributed by atoms with van der Waals surface area (Å²) in [6.07, 6.45) is 10.2. The third-order valence-electron chi connectivity index (χ3n) is 7.98. The van der Waals surface area contributed by atoms with E-state index in [4.69, 9.17) is 9.47 Å². The first-order chi connectivity index (χ1) is 11.6. The molecule has 2 saturated carbocycles. The summed E-state index contributed by atoms with van der Waals surface area (Å²) in [4.78, 5) is 0. The minimum absolute atomic E-state index is 0.0651. The molecule has 4 aliphatic rings. The molecule has 0 spiro atoms. The molecule has 4 rings (SSSR count). The van der Waals surface area contributed by atoms with Gasteiger partial charge in [-0.3, -0.25) is 0 Å². The Morgan fingerprint density at radius 1 is 1.04 bits per heavy atom. The lowest BCUT2D eigenvalue weighted by Crippen LogP contribution is -2.46. The second-order valence-corrected chi connectivity index (χ2v) is 8.37. The number of allylic oxidation sites excluding steroid dienone is 2. The number of aliphatic hydroxyl groups is 1. The molecule has 0 aromatic rings. The zero-order valence-corrected chi connectivity index (χ0v) is 15.4. The molecule has 0 unspecified atom stereocenters. The molecule has 5 atom stereocenters. The summed E-state index contributed by atoms with van der Waals surface area (Å²) in [5.41, 5.74) is 3.50. The molecule has 0 aromatic carbocycles. The summed E-state index contributed by atoms with van der Waals surface area (Å²) >= 11 is 0. The molecule has 3 heteroatoms. The molecule has 0 amide bonds. The lowest BCUT2D eigenvalue weighted by molar-refractivity contribution is -0.0478. The molecule has 0 aromatic heterocycles. The van der Waals surface area contributed by atoms with Gasteiger partial charge in [0, 0.05) is 12.8 Å². The largest absolute Gasteiger partial charge is 0.497 e. The van der Waals surface area contributed by atoms with Crippen LogP contribution in [0.25, 0.3) is 0 Å². The SMILES string of the molecule is CC[C@]12CC[C@@H]3C4=C(CC[C@H]3[C@@H]1CC[C@@H]2O)CC(OC)=C(OC)C4. The monoisotopic (exact) mass is 332 g/mol. The molecule has 134 valence electrons. The number of aliphatic hydroxyl groups excluding tert-OH is 1. The van der Waals surface area contributed by atoms with Crippen LogP contribution in [0.2, 0.25) is 0 Å². The number of ether oxygens (including phenoxy) is 2. The average molecular weight is 332 g/mol. The molecule has 0 heterocycles. The summed E-state index contributed by atoms with van der Waals surface area (Å²) in [7, 11) is 3.54. The van der Waals surface area contributed by atoms with E-state index >= 15 is 0 Å². The van der Waals surface area contributed by atoms with E-state index in [1.165, 1.54) is 32.1 Å². The van der Waals surface area contributed by atoms with Crippen LogP contribution >= 0.6 is 0 Å². The normalized spacial score (nSPS) is 41.7. The van der Waals surface area contributed by atoms with E-state index in [0.717, 1.165) is 49.0 Å². The van der Waals surface area contributed by atoms with E-state index in [1.807, 2.05) is 0 Å². The van der Waals surface area contributed by atoms with Gasteiger partial charge in [-0.05, 0) is 68.1 Å². The van der Waals surface area contributed by atoms with Gasteiger partial charge in [0.05, 0.1) is 20.3 Å². The number of hydrogen-bond acceptors (Lipinski definition) is 3. The summed E-state index contributed by atoms with van der Waals surface area (Å²) < 4.78 is 11.2.